The van der Waals surface area contributed by atoms with E-state index < -0.39 is 9.84 Å². The summed E-state index contributed by atoms with van der Waals surface area (Å²) in [6.45, 7) is 2.33. The van der Waals surface area contributed by atoms with E-state index in [1.54, 1.807) is 7.11 Å². The van der Waals surface area contributed by atoms with Crippen molar-refractivity contribution in [3.05, 3.63) is 29.8 Å². The van der Waals surface area contributed by atoms with Gasteiger partial charge in [0.25, 0.3) is 0 Å². The molecular weight excluding hydrogens is 388 g/mol. The summed E-state index contributed by atoms with van der Waals surface area (Å²) in [7, 11) is -1.38. The molecule has 1 saturated heterocycles. The highest BCUT2D eigenvalue weighted by Gasteiger charge is 2.38. The first-order valence-corrected chi connectivity index (χ1v) is 12.6. The summed E-state index contributed by atoms with van der Waals surface area (Å²) in [4.78, 5) is 15.2. The first-order valence-electron chi connectivity index (χ1n) is 10.8. The maximum Gasteiger partial charge on any atom is 0.237 e. The first kappa shape index (κ1) is 22.1. The zero-order valence-electron chi connectivity index (χ0n) is 17.6. The van der Waals surface area contributed by atoms with Crippen molar-refractivity contribution in [2.45, 2.75) is 70.0 Å². The molecule has 0 radical (unpaired) electrons. The van der Waals surface area contributed by atoms with Crippen LogP contribution in [0.25, 0.3) is 0 Å². The summed E-state index contributed by atoms with van der Waals surface area (Å²) in [5.74, 6) is 1.16. The Morgan fingerprint density at radius 2 is 1.83 bits per heavy atom. The standard InChI is InChI=1S/C22H34N2O4S/c1-3-21(17-9-11-20(28-2)12-10-17)23-15-22(25)24(18-7-5-4-6-8-18)19-13-14-29(26,27)16-19/h9-12,18-19,21,23H,3-8,13-16H2,1-2H3. The van der Waals surface area contributed by atoms with E-state index in [0.717, 1.165) is 43.4 Å². The third-order valence-corrected chi connectivity index (χ3v) is 8.03. The Hall–Kier alpha value is -1.60. The van der Waals surface area contributed by atoms with E-state index in [9.17, 15) is 13.2 Å². The van der Waals surface area contributed by atoms with Crippen molar-refractivity contribution in [2.75, 3.05) is 25.2 Å². The van der Waals surface area contributed by atoms with Gasteiger partial charge in [-0.05, 0) is 43.4 Å². The van der Waals surface area contributed by atoms with E-state index in [2.05, 4.69) is 12.2 Å². The lowest BCUT2D eigenvalue weighted by Crippen LogP contribution is -2.51. The van der Waals surface area contributed by atoms with Crippen LogP contribution in [-0.2, 0) is 14.6 Å². The molecule has 29 heavy (non-hydrogen) atoms. The van der Waals surface area contributed by atoms with Crippen LogP contribution in [-0.4, -0.2) is 56.5 Å². The zero-order chi connectivity index (χ0) is 20.9. The van der Waals surface area contributed by atoms with Gasteiger partial charge >= 0.3 is 0 Å². The summed E-state index contributed by atoms with van der Waals surface area (Å²) >= 11 is 0. The second-order valence-electron chi connectivity index (χ2n) is 8.26. The van der Waals surface area contributed by atoms with Crippen LogP contribution in [0.4, 0.5) is 0 Å². The molecule has 1 aliphatic carbocycles. The van der Waals surface area contributed by atoms with E-state index in [1.165, 1.54) is 6.42 Å². The molecule has 1 heterocycles. The summed E-state index contributed by atoms with van der Waals surface area (Å²) < 4.78 is 29.3. The van der Waals surface area contributed by atoms with Gasteiger partial charge in [-0.1, -0.05) is 38.3 Å². The number of ether oxygens (including phenoxy) is 1. The fourth-order valence-electron chi connectivity index (χ4n) is 4.70. The lowest BCUT2D eigenvalue weighted by molar-refractivity contribution is -0.135. The third kappa shape index (κ3) is 5.72. The minimum Gasteiger partial charge on any atom is -0.497 e. The molecule has 1 N–H and O–H groups in total. The fourth-order valence-corrected chi connectivity index (χ4v) is 6.41. The van der Waals surface area contributed by atoms with Gasteiger partial charge in [0.15, 0.2) is 9.84 Å². The number of rotatable bonds is 8. The quantitative estimate of drug-likeness (QED) is 0.697. The van der Waals surface area contributed by atoms with Crippen LogP contribution >= 0.6 is 0 Å². The molecule has 1 saturated carbocycles. The zero-order valence-corrected chi connectivity index (χ0v) is 18.4. The number of hydrogen-bond acceptors (Lipinski definition) is 5. The second-order valence-corrected chi connectivity index (χ2v) is 10.5. The summed E-state index contributed by atoms with van der Waals surface area (Å²) in [6.07, 6.45) is 6.84. The van der Waals surface area contributed by atoms with Crippen molar-refractivity contribution in [1.82, 2.24) is 10.2 Å². The van der Waals surface area contributed by atoms with Crippen LogP contribution in [0, 0.1) is 0 Å². The van der Waals surface area contributed by atoms with Gasteiger partial charge in [0, 0.05) is 18.1 Å². The van der Waals surface area contributed by atoms with Crippen molar-refractivity contribution >= 4 is 15.7 Å². The first-order chi connectivity index (χ1) is 13.9. The fraction of sp³-hybridized carbons (Fsp3) is 0.682. The third-order valence-electron chi connectivity index (χ3n) is 6.28. The van der Waals surface area contributed by atoms with Gasteiger partial charge < -0.3 is 15.0 Å². The normalized spacial score (nSPS) is 22.9. The van der Waals surface area contributed by atoms with Crippen molar-refractivity contribution in [1.29, 1.82) is 0 Å². The molecule has 1 amide bonds. The monoisotopic (exact) mass is 422 g/mol. The number of sulfone groups is 1. The summed E-state index contributed by atoms with van der Waals surface area (Å²) in [5, 5.41) is 3.41. The SMILES string of the molecule is CCC(NCC(=O)N(C1CCCCC1)C1CCS(=O)(=O)C1)c1ccc(OC)cc1. The second kappa shape index (κ2) is 9.94. The Morgan fingerprint density at radius 3 is 2.38 bits per heavy atom. The van der Waals surface area contributed by atoms with Gasteiger partial charge in [-0.2, -0.15) is 0 Å². The number of hydrogen-bond donors (Lipinski definition) is 1. The smallest absolute Gasteiger partial charge is 0.237 e. The maximum absolute atomic E-state index is 13.2. The predicted octanol–water partition coefficient (Wildman–Crippen LogP) is 3.08. The van der Waals surface area contributed by atoms with E-state index in [1.807, 2.05) is 29.2 Å². The highest BCUT2D eigenvalue weighted by atomic mass is 32.2. The molecule has 1 aromatic carbocycles. The van der Waals surface area contributed by atoms with Gasteiger partial charge in [-0.3, -0.25) is 4.79 Å². The number of carbonyl (C=O) groups is 1. The minimum absolute atomic E-state index is 0.0333. The molecule has 0 aromatic heterocycles. The molecule has 3 rings (SSSR count). The Labute approximate surface area is 174 Å². The van der Waals surface area contributed by atoms with Crippen molar-refractivity contribution in [2.24, 2.45) is 0 Å². The van der Waals surface area contributed by atoms with Gasteiger partial charge in [-0.15, -0.1) is 0 Å². The predicted molar refractivity (Wildman–Crippen MR) is 115 cm³/mol. The van der Waals surface area contributed by atoms with Crippen LogP contribution in [0.3, 0.4) is 0 Å². The molecule has 7 heteroatoms. The molecular formula is C22H34N2O4S. The van der Waals surface area contributed by atoms with Gasteiger partial charge in [-0.25, -0.2) is 8.42 Å². The van der Waals surface area contributed by atoms with Crippen molar-refractivity contribution in [3.63, 3.8) is 0 Å². The van der Waals surface area contributed by atoms with Gasteiger partial charge in [0.1, 0.15) is 5.75 Å². The number of benzene rings is 1. The lowest BCUT2D eigenvalue weighted by atomic mass is 9.92. The van der Waals surface area contributed by atoms with Crippen LogP contribution in [0.5, 0.6) is 5.75 Å². The molecule has 2 aliphatic rings. The van der Waals surface area contributed by atoms with Crippen LogP contribution in [0.2, 0.25) is 0 Å². The van der Waals surface area contributed by atoms with Crippen LogP contribution in [0.1, 0.15) is 63.5 Å². The Morgan fingerprint density at radius 1 is 1.14 bits per heavy atom. The molecule has 0 spiro atoms. The Bertz CT molecular complexity index is 773. The highest BCUT2D eigenvalue weighted by molar-refractivity contribution is 7.91. The molecule has 162 valence electrons. The van der Waals surface area contributed by atoms with Crippen LogP contribution in [0.15, 0.2) is 24.3 Å². The van der Waals surface area contributed by atoms with Gasteiger partial charge in [0.2, 0.25) is 5.91 Å². The largest absolute Gasteiger partial charge is 0.497 e. The maximum atomic E-state index is 13.2. The van der Waals surface area contributed by atoms with Crippen molar-refractivity contribution < 1.29 is 17.9 Å². The lowest BCUT2D eigenvalue weighted by Gasteiger charge is -2.38. The molecule has 2 fully saturated rings. The molecule has 2 unspecified atom stereocenters. The van der Waals surface area contributed by atoms with E-state index in [-0.39, 0.29) is 42.1 Å². The molecule has 1 aromatic rings. The van der Waals surface area contributed by atoms with E-state index in [4.69, 9.17) is 4.74 Å². The summed E-state index contributed by atoms with van der Waals surface area (Å²) in [5.41, 5.74) is 1.12. The topological polar surface area (TPSA) is 75.7 Å². The average molecular weight is 423 g/mol. The molecule has 6 nitrogen and oxygen atoms in total. The molecule has 1 aliphatic heterocycles. The highest BCUT2D eigenvalue weighted by Crippen LogP contribution is 2.28. The molecule has 0 bridgehead atoms. The van der Waals surface area contributed by atoms with Gasteiger partial charge in [0.05, 0.1) is 25.2 Å². The molecule has 2 atom stereocenters. The van der Waals surface area contributed by atoms with Crippen LogP contribution < -0.4 is 10.1 Å². The number of carbonyl (C=O) groups excluding carboxylic acids is 1. The van der Waals surface area contributed by atoms with E-state index in [0.29, 0.717) is 6.42 Å². The Balaban J connectivity index is 1.68. The number of nitrogens with zero attached hydrogens (tertiary/aromatic N) is 1. The number of nitrogens with one attached hydrogen (secondary N) is 1. The number of methoxy groups -OCH3 is 1. The summed E-state index contributed by atoms with van der Waals surface area (Å²) in [6, 6.07) is 7.99. The average Bonchev–Trinajstić information content (AvgIpc) is 3.09. The Kier molecular flexibility index (Phi) is 7.57. The van der Waals surface area contributed by atoms with E-state index >= 15 is 0 Å². The number of amides is 1. The van der Waals surface area contributed by atoms with Crippen molar-refractivity contribution in [3.8, 4) is 5.75 Å². The minimum atomic E-state index is -3.02.